The van der Waals surface area contributed by atoms with Gasteiger partial charge in [-0.2, -0.15) is 0 Å². The molecule has 20 heavy (non-hydrogen) atoms. The Morgan fingerprint density at radius 3 is 2.30 bits per heavy atom. The Morgan fingerprint density at radius 2 is 1.75 bits per heavy atom. The molecule has 0 saturated heterocycles. The SMILES string of the molecule is COC(=O)/C=C(/CNC(=O)c1ccccc1)C(=O)OC. The van der Waals surface area contributed by atoms with Gasteiger partial charge in [-0.05, 0) is 12.1 Å². The summed E-state index contributed by atoms with van der Waals surface area (Å²) in [5.74, 6) is -1.76. The van der Waals surface area contributed by atoms with E-state index in [9.17, 15) is 14.4 Å². The first-order chi connectivity index (χ1) is 9.58. The largest absolute Gasteiger partial charge is 0.466 e. The Bertz CT molecular complexity index is 522. The van der Waals surface area contributed by atoms with Crippen LogP contribution in [0.25, 0.3) is 0 Å². The van der Waals surface area contributed by atoms with Crippen LogP contribution in [0, 0.1) is 0 Å². The number of ether oxygens (including phenoxy) is 2. The van der Waals surface area contributed by atoms with E-state index in [1.165, 1.54) is 14.2 Å². The highest BCUT2D eigenvalue weighted by atomic mass is 16.5. The Balaban J connectivity index is 2.72. The molecule has 0 saturated carbocycles. The average molecular weight is 277 g/mol. The van der Waals surface area contributed by atoms with Crippen LogP contribution in [0.1, 0.15) is 10.4 Å². The molecular weight excluding hydrogens is 262 g/mol. The lowest BCUT2D eigenvalue weighted by Crippen LogP contribution is -2.28. The van der Waals surface area contributed by atoms with Crippen molar-refractivity contribution in [3.63, 3.8) is 0 Å². The average Bonchev–Trinajstić information content (AvgIpc) is 2.50. The van der Waals surface area contributed by atoms with E-state index in [4.69, 9.17) is 0 Å². The first-order valence-electron chi connectivity index (χ1n) is 5.78. The first kappa shape index (κ1) is 15.4. The van der Waals surface area contributed by atoms with Gasteiger partial charge in [0.1, 0.15) is 0 Å². The molecule has 0 unspecified atom stereocenters. The Hall–Kier alpha value is -2.63. The summed E-state index contributed by atoms with van der Waals surface area (Å²) in [6, 6.07) is 8.50. The second kappa shape index (κ2) is 7.73. The van der Waals surface area contributed by atoms with E-state index < -0.39 is 11.9 Å². The Morgan fingerprint density at radius 1 is 1.10 bits per heavy atom. The fourth-order valence-electron chi connectivity index (χ4n) is 1.38. The van der Waals surface area contributed by atoms with Crippen molar-refractivity contribution in [2.45, 2.75) is 0 Å². The number of rotatable bonds is 5. The number of hydrogen-bond donors (Lipinski definition) is 1. The summed E-state index contributed by atoms with van der Waals surface area (Å²) in [5, 5.41) is 2.53. The maximum atomic E-state index is 11.8. The topological polar surface area (TPSA) is 81.7 Å². The zero-order chi connectivity index (χ0) is 15.0. The zero-order valence-electron chi connectivity index (χ0n) is 11.2. The molecular formula is C14H15NO5. The smallest absolute Gasteiger partial charge is 0.335 e. The molecule has 0 aliphatic carbocycles. The molecule has 106 valence electrons. The molecule has 1 aromatic rings. The minimum atomic E-state index is -0.705. The highest BCUT2D eigenvalue weighted by Crippen LogP contribution is 2.01. The van der Waals surface area contributed by atoms with E-state index in [2.05, 4.69) is 14.8 Å². The van der Waals surface area contributed by atoms with Crippen LogP contribution < -0.4 is 5.32 Å². The molecule has 0 bridgehead atoms. The van der Waals surface area contributed by atoms with Crippen LogP contribution >= 0.6 is 0 Å². The molecule has 0 atom stereocenters. The van der Waals surface area contributed by atoms with Crippen molar-refractivity contribution < 1.29 is 23.9 Å². The predicted molar refractivity (Wildman–Crippen MR) is 70.9 cm³/mol. The van der Waals surface area contributed by atoms with Gasteiger partial charge in [-0.25, -0.2) is 9.59 Å². The number of benzene rings is 1. The van der Waals surface area contributed by atoms with Gasteiger partial charge in [0, 0.05) is 11.6 Å². The summed E-state index contributed by atoms with van der Waals surface area (Å²) >= 11 is 0. The highest BCUT2D eigenvalue weighted by molar-refractivity contribution is 5.99. The number of methoxy groups -OCH3 is 2. The zero-order valence-corrected chi connectivity index (χ0v) is 11.2. The Kier molecular flexibility index (Phi) is 5.96. The molecule has 0 aromatic heterocycles. The van der Waals surface area contributed by atoms with Gasteiger partial charge in [0.25, 0.3) is 5.91 Å². The van der Waals surface area contributed by atoms with Gasteiger partial charge < -0.3 is 14.8 Å². The van der Waals surface area contributed by atoms with Gasteiger partial charge in [0.15, 0.2) is 0 Å². The number of esters is 2. The summed E-state index contributed by atoms with van der Waals surface area (Å²) in [7, 11) is 2.38. The first-order valence-corrected chi connectivity index (χ1v) is 5.78. The van der Waals surface area contributed by atoms with E-state index in [1.807, 2.05) is 0 Å². The predicted octanol–water partition coefficient (Wildman–Crippen LogP) is 0.689. The second-order valence-corrected chi connectivity index (χ2v) is 3.73. The van der Waals surface area contributed by atoms with Crippen LogP contribution in [0.2, 0.25) is 0 Å². The van der Waals surface area contributed by atoms with Gasteiger partial charge in [0.05, 0.1) is 26.3 Å². The van der Waals surface area contributed by atoms with E-state index in [0.717, 1.165) is 6.08 Å². The van der Waals surface area contributed by atoms with Crippen molar-refractivity contribution in [2.75, 3.05) is 20.8 Å². The van der Waals surface area contributed by atoms with Crippen LogP contribution in [0.3, 0.4) is 0 Å². The van der Waals surface area contributed by atoms with Crippen molar-refractivity contribution in [2.24, 2.45) is 0 Å². The maximum absolute atomic E-state index is 11.8. The van der Waals surface area contributed by atoms with Gasteiger partial charge in [-0.3, -0.25) is 4.79 Å². The van der Waals surface area contributed by atoms with Crippen LogP contribution in [0.4, 0.5) is 0 Å². The summed E-state index contributed by atoms with van der Waals surface area (Å²) in [6.45, 7) is -0.129. The molecule has 1 amide bonds. The van der Waals surface area contributed by atoms with Gasteiger partial charge in [0.2, 0.25) is 0 Å². The molecule has 0 aliphatic heterocycles. The lowest BCUT2D eigenvalue weighted by Gasteiger charge is -2.07. The molecule has 1 rings (SSSR count). The highest BCUT2D eigenvalue weighted by Gasteiger charge is 2.14. The summed E-state index contributed by atoms with van der Waals surface area (Å²) in [5.41, 5.74) is 0.457. The molecule has 0 spiro atoms. The number of amides is 1. The monoisotopic (exact) mass is 277 g/mol. The lowest BCUT2D eigenvalue weighted by molar-refractivity contribution is -0.138. The van der Waals surface area contributed by atoms with E-state index in [1.54, 1.807) is 30.3 Å². The molecule has 1 aromatic carbocycles. The summed E-state index contributed by atoms with van der Waals surface area (Å²) in [4.78, 5) is 34.4. The number of hydrogen-bond acceptors (Lipinski definition) is 5. The van der Waals surface area contributed by atoms with E-state index in [-0.39, 0.29) is 18.0 Å². The summed E-state index contributed by atoms with van der Waals surface area (Å²) < 4.78 is 8.96. The third kappa shape index (κ3) is 4.56. The van der Waals surface area contributed by atoms with Gasteiger partial charge in [-0.1, -0.05) is 18.2 Å². The number of carbonyl (C=O) groups excluding carboxylic acids is 3. The second-order valence-electron chi connectivity index (χ2n) is 3.73. The maximum Gasteiger partial charge on any atom is 0.335 e. The fraction of sp³-hybridized carbons (Fsp3) is 0.214. The molecule has 6 nitrogen and oxygen atoms in total. The molecule has 0 fully saturated rings. The lowest BCUT2D eigenvalue weighted by atomic mass is 10.2. The third-order valence-electron chi connectivity index (χ3n) is 2.42. The minimum Gasteiger partial charge on any atom is -0.466 e. The normalized spacial score (nSPS) is 10.6. The molecule has 1 N–H and O–H groups in total. The molecule has 0 heterocycles. The van der Waals surface area contributed by atoms with Gasteiger partial charge >= 0.3 is 11.9 Å². The molecule has 6 heteroatoms. The standard InChI is InChI=1S/C14H15NO5/c1-19-12(16)8-11(14(18)20-2)9-15-13(17)10-6-4-3-5-7-10/h3-8H,9H2,1-2H3,(H,15,17)/b11-8-. The van der Waals surface area contributed by atoms with E-state index in [0.29, 0.717) is 5.56 Å². The Labute approximate surface area is 116 Å². The van der Waals surface area contributed by atoms with Crippen molar-refractivity contribution in [3.8, 4) is 0 Å². The molecule has 0 aliphatic rings. The van der Waals surface area contributed by atoms with Crippen LogP contribution in [0.15, 0.2) is 42.0 Å². The van der Waals surface area contributed by atoms with Crippen LogP contribution in [0.5, 0.6) is 0 Å². The quantitative estimate of drug-likeness (QED) is 0.632. The van der Waals surface area contributed by atoms with Gasteiger partial charge in [-0.15, -0.1) is 0 Å². The van der Waals surface area contributed by atoms with Crippen molar-refractivity contribution in [1.29, 1.82) is 0 Å². The van der Waals surface area contributed by atoms with Crippen LogP contribution in [-0.2, 0) is 19.1 Å². The number of carbonyl (C=O) groups is 3. The summed E-state index contributed by atoms with van der Waals surface area (Å²) in [6.07, 6.45) is 0.983. The third-order valence-corrected chi connectivity index (χ3v) is 2.42. The molecule has 0 radical (unpaired) electrons. The van der Waals surface area contributed by atoms with Crippen LogP contribution in [-0.4, -0.2) is 38.6 Å². The van der Waals surface area contributed by atoms with Crippen molar-refractivity contribution in [1.82, 2.24) is 5.32 Å². The van der Waals surface area contributed by atoms with Crippen molar-refractivity contribution in [3.05, 3.63) is 47.5 Å². The van der Waals surface area contributed by atoms with E-state index >= 15 is 0 Å². The van der Waals surface area contributed by atoms with Crippen molar-refractivity contribution >= 4 is 17.8 Å². The fourth-order valence-corrected chi connectivity index (χ4v) is 1.38. The minimum absolute atomic E-state index is 0.00336. The number of nitrogens with one attached hydrogen (secondary N) is 1.